The normalized spacial score (nSPS) is 24.3. The summed E-state index contributed by atoms with van der Waals surface area (Å²) in [6.45, 7) is 2.54. The number of carbonyl (C=O) groups is 1. The van der Waals surface area contributed by atoms with Crippen molar-refractivity contribution in [3.8, 4) is 0 Å². The smallest absolute Gasteiger partial charge is 0.337 e. The fraction of sp³-hybridized carbons (Fsp3) is 0.533. The number of ether oxygens (including phenoxy) is 3. The van der Waals surface area contributed by atoms with Crippen LogP contribution in [0.4, 0.5) is 10.1 Å². The molecule has 0 spiro atoms. The van der Waals surface area contributed by atoms with Gasteiger partial charge in [-0.25, -0.2) is 9.18 Å². The number of halogens is 1. The monoisotopic (exact) mass is 297 g/mol. The lowest BCUT2D eigenvalue weighted by molar-refractivity contribution is -0.118. The molecule has 1 aliphatic rings. The van der Waals surface area contributed by atoms with Gasteiger partial charge in [-0.05, 0) is 31.5 Å². The molecule has 3 atom stereocenters. The molecule has 6 heteroatoms. The number of nitrogens with one attached hydrogen (secondary N) is 1. The van der Waals surface area contributed by atoms with Crippen LogP contribution in [0.25, 0.3) is 0 Å². The van der Waals surface area contributed by atoms with E-state index >= 15 is 0 Å². The van der Waals surface area contributed by atoms with E-state index in [4.69, 9.17) is 9.47 Å². The molecule has 0 heterocycles. The van der Waals surface area contributed by atoms with Gasteiger partial charge in [-0.3, -0.25) is 0 Å². The van der Waals surface area contributed by atoms with Crippen molar-refractivity contribution in [1.29, 1.82) is 0 Å². The zero-order valence-corrected chi connectivity index (χ0v) is 12.4. The van der Waals surface area contributed by atoms with Crippen LogP contribution in [-0.4, -0.2) is 45.0 Å². The molecule has 2 rings (SSSR count). The van der Waals surface area contributed by atoms with Crippen LogP contribution in [-0.2, 0) is 14.2 Å². The molecule has 1 aromatic carbocycles. The second kappa shape index (κ2) is 6.87. The van der Waals surface area contributed by atoms with E-state index in [1.54, 1.807) is 7.11 Å². The summed E-state index contributed by atoms with van der Waals surface area (Å²) >= 11 is 0. The molecular weight excluding hydrogens is 277 g/mol. The highest BCUT2D eigenvalue weighted by Gasteiger charge is 2.42. The molecule has 0 amide bonds. The molecule has 1 saturated carbocycles. The Morgan fingerprint density at radius 1 is 1.43 bits per heavy atom. The molecule has 0 radical (unpaired) electrons. The molecule has 1 fully saturated rings. The van der Waals surface area contributed by atoms with Crippen molar-refractivity contribution in [2.45, 2.75) is 31.6 Å². The Hall–Kier alpha value is -1.66. The van der Waals surface area contributed by atoms with Crippen molar-refractivity contribution >= 4 is 11.7 Å². The summed E-state index contributed by atoms with van der Waals surface area (Å²) in [4.78, 5) is 11.5. The molecular formula is C15H20FNO4. The van der Waals surface area contributed by atoms with Crippen molar-refractivity contribution in [1.82, 2.24) is 0 Å². The third-order valence-corrected chi connectivity index (χ3v) is 3.63. The maximum Gasteiger partial charge on any atom is 0.337 e. The van der Waals surface area contributed by atoms with E-state index in [1.165, 1.54) is 25.3 Å². The lowest BCUT2D eigenvalue weighted by Gasteiger charge is -2.43. The van der Waals surface area contributed by atoms with Gasteiger partial charge in [0.2, 0.25) is 0 Å². The van der Waals surface area contributed by atoms with Crippen LogP contribution in [0.15, 0.2) is 18.2 Å². The Labute approximate surface area is 123 Å². The number of hydrogen-bond donors (Lipinski definition) is 1. The lowest BCUT2D eigenvalue weighted by Crippen LogP contribution is -2.56. The van der Waals surface area contributed by atoms with E-state index in [2.05, 4.69) is 10.1 Å². The van der Waals surface area contributed by atoms with E-state index in [-0.39, 0.29) is 23.9 Å². The summed E-state index contributed by atoms with van der Waals surface area (Å²) in [7, 11) is 2.89. The molecule has 3 unspecified atom stereocenters. The minimum atomic E-state index is -0.498. The van der Waals surface area contributed by atoms with Crippen LogP contribution in [0.1, 0.15) is 23.7 Å². The van der Waals surface area contributed by atoms with Crippen LogP contribution < -0.4 is 5.32 Å². The van der Waals surface area contributed by atoms with Gasteiger partial charge in [0, 0.05) is 13.7 Å². The highest BCUT2D eigenvalue weighted by molar-refractivity contribution is 5.90. The predicted octanol–water partition coefficient (Wildman–Crippen LogP) is 2.22. The molecule has 116 valence electrons. The highest BCUT2D eigenvalue weighted by atomic mass is 19.1. The SMILES string of the molecule is CCOC1CC(Nc2cc(C(=O)OC)ccc2F)C1OC. The van der Waals surface area contributed by atoms with Gasteiger partial charge in [0.25, 0.3) is 0 Å². The molecule has 1 N–H and O–H groups in total. The topological polar surface area (TPSA) is 56.8 Å². The van der Waals surface area contributed by atoms with E-state index in [9.17, 15) is 9.18 Å². The standard InChI is InChI=1S/C15H20FNO4/c1-4-21-13-8-12(14(13)19-2)17-11-7-9(15(18)20-3)5-6-10(11)16/h5-7,12-14,17H,4,8H2,1-3H3. The average molecular weight is 297 g/mol. The van der Waals surface area contributed by atoms with E-state index < -0.39 is 11.8 Å². The third kappa shape index (κ3) is 3.33. The Morgan fingerprint density at radius 3 is 2.81 bits per heavy atom. The Kier molecular flexibility index (Phi) is 5.14. The largest absolute Gasteiger partial charge is 0.465 e. The average Bonchev–Trinajstić information content (AvgIpc) is 2.47. The van der Waals surface area contributed by atoms with Gasteiger partial charge >= 0.3 is 5.97 Å². The molecule has 0 aliphatic heterocycles. The fourth-order valence-corrected chi connectivity index (χ4v) is 2.50. The maximum atomic E-state index is 13.8. The van der Waals surface area contributed by atoms with Crippen molar-refractivity contribution in [3.63, 3.8) is 0 Å². The molecule has 21 heavy (non-hydrogen) atoms. The zero-order valence-electron chi connectivity index (χ0n) is 12.4. The van der Waals surface area contributed by atoms with Gasteiger partial charge in [-0.2, -0.15) is 0 Å². The molecule has 0 saturated heterocycles. The van der Waals surface area contributed by atoms with Crippen LogP contribution >= 0.6 is 0 Å². The number of hydrogen-bond acceptors (Lipinski definition) is 5. The van der Waals surface area contributed by atoms with Crippen molar-refractivity contribution in [3.05, 3.63) is 29.6 Å². The first-order valence-corrected chi connectivity index (χ1v) is 6.89. The molecule has 0 bridgehead atoms. The van der Waals surface area contributed by atoms with Gasteiger partial charge in [-0.1, -0.05) is 0 Å². The Bertz CT molecular complexity index is 508. The summed E-state index contributed by atoms with van der Waals surface area (Å²) in [5.74, 6) is -0.917. The third-order valence-electron chi connectivity index (χ3n) is 3.63. The first-order valence-electron chi connectivity index (χ1n) is 6.89. The lowest BCUT2D eigenvalue weighted by atomic mass is 9.85. The van der Waals surface area contributed by atoms with Gasteiger partial charge in [0.1, 0.15) is 11.9 Å². The van der Waals surface area contributed by atoms with Crippen molar-refractivity contribution < 1.29 is 23.4 Å². The predicted molar refractivity (Wildman–Crippen MR) is 76.0 cm³/mol. The van der Waals surface area contributed by atoms with Gasteiger partial charge in [0.15, 0.2) is 0 Å². The number of benzene rings is 1. The second-order valence-electron chi connectivity index (χ2n) is 4.87. The Balaban J connectivity index is 2.07. The fourth-order valence-electron chi connectivity index (χ4n) is 2.50. The highest BCUT2D eigenvalue weighted by Crippen LogP contribution is 2.31. The first-order chi connectivity index (χ1) is 10.1. The number of esters is 1. The number of anilines is 1. The summed E-state index contributed by atoms with van der Waals surface area (Å²) < 4.78 is 29.4. The molecule has 5 nitrogen and oxygen atoms in total. The van der Waals surface area contributed by atoms with E-state index in [0.717, 1.165) is 6.42 Å². The minimum absolute atomic E-state index is 0.0179. The minimum Gasteiger partial charge on any atom is -0.465 e. The molecule has 0 aromatic heterocycles. The van der Waals surface area contributed by atoms with Crippen LogP contribution in [0.2, 0.25) is 0 Å². The zero-order chi connectivity index (χ0) is 15.4. The van der Waals surface area contributed by atoms with Gasteiger partial charge in [-0.15, -0.1) is 0 Å². The summed E-state index contributed by atoms with van der Waals surface area (Å²) in [6.07, 6.45) is 0.615. The molecule has 1 aromatic rings. The molecule has 1 aliphatic carbocycles. The van der Waals surface area contributed by atoms with Crippen LogP contribution in [0.5, 0.6) is 0 Å². The van der Waals surface area contributed by atoms with Gasteiger partial charge < -0.3 is 19.5 Å². The summed E-state index contributed by atoms with van der Waals surface area (Å²) in [5, 5.41) is 3.07. The summed E-state index contributed by atoms with van der Waals surface area (Å²) in [5.41, 5.74) is 0.566. The van der Waals surface area contributed by atoms with Crippen molar-refractivity contribution in [2.75, 3.05) is 26.1 Å². The first kappa shape index (κ1) is 15.7. The number of carbonyl (C=O) groups excluding carboxylic acids is 1. The maximum absolute atomic E-state index is 13.8. The quantitative estimate of drug-likeness (QED) is 0.816. The van der Waals surface area contributed by atoms with E-state index in [1.807, 2.05) is 6.92 Å². The Morgan fingerprint density at radius 2 is 2.19 bits per heavy atom. The second-order valence-corrected chi connectivity index (χ2v) is 4.87. The van der Waals surface area contributed by atoms with Gasteiger partial charge in [0.05, 0.1) is 30.5 Å². The van der Waals surface area contributed by atoms with Crippen LogP contribution in [0, 0.1) is 5.82 Å². The van der Waals surface area contributed by atoms with Crippen LogP contribution in [0.3, 0.4) is 0 Å². The number of methoxy groups -OCH3 is 2. The summed E-state index contributed by atoms with van der Waals surface area (Å²) in [6, 6.07) is 4.04. The van der Waals surface area contributed by atoms with Crippen molar-refractivity contribution in [2.24, 2.45) is 0 Å². The number of rotatable bonds is 6. The van der Waals surface area contributed by atoms with E-state index in [0.29, 0.717) is 12.2 Å².